The van der Waals surface area contributed by atoms with Gasteiger partial charge in [-0.25, -0.2) is 9.37 Å². The van der Waals surface area contributed by atoms with E-state index >= 15 is 0 Å². The SMILES string of the molecule is Fc1ccc(-c2cc3cc4c(cc3nc2Cl)CNCC4)cc1. The highest BCUT2D eigenvalue weighted by Gasteiger charge is 2.13. The van der Waals surface area contributed by atoms with Crippen LogP contribution in [-0.2, 0) is 13.0 Å². The second-order valence-corrected chi connectivity index (χ2v) is 5.93. The van der Waals surface area contributed by atoms with E-state index in [2.05, 4.69) is 22.4 Å². The average molecular weight is 313 g/mol. The fourth-order valence-electron chi connectivity index (χ4n) is 2.96. The van der Waals surface area contributed by atoms with Gasteiger partial charge in [0.15, 0.2) is 0 Å². The van der Waals surface area contributed by atoms with Crippen LogP contribution in [0.2, 0.25) is 5.15 Å². The fourth-order valence-corrected chi connectivity index (χ4v) is 3.22. The predicted octanol–water partition coefficient (Wildman–Crippen LogP) is 4.34. The van der Waals surface area contributed by atoms with Crippen LogP contribution >= 0.6 is 11.6 Å². The lowest BCUT2D eigenvalue weighted by Crippen LogP contribution is -2.23. The summed E-state index contributed by atoms with van der Waals surface area (Å²) >= 11 is 6.34. The van der Waals surface area contributed by atoms with Crippen molar-refractivity contribution in [2.45, 2.75) is 13.0 Å². The number of nitrogens with zero attached hydrogens (tertiary/aromatic N) is 1. The van der Waals surface area contributed by atoms with Crippen LogP contribution in [0.3, 0.4) is 0 Å². The molecule has 2 nitrogen and oxygen atoms in total. The molecule has 1 N–H and O–H groups in total. The Morgan fingerprint density at radius 1 is 1.05 bits per heavy atom. The molecule has 0 saturated heterocycles. The zero-order valence-electron chi connectivity index (χ0n) is 11.9. The van der Waals surface area contributed by atoms with E-state index in [1.807, 2.05) is 6.07 Å². The summed E-state index contributed by atoms with van der Waals surface area (Å²) < 4.78 is 13.1. The highest BCUT2D eigenvalue weighted by molar-refractivity contribution is 6.32. The van der Waals surface area contributed by atoms with E-state index in [1.165, 1.54) is 23.3 Å². The third-order valence-electron chi connectivity index (χ3n) is 4.13. The number of aromatic nitrogens is 1. The van der Waals surface area contributed by atoms with Crippen molar-refractivity contribution in [3.05, 3.63) is 64.6 Å². The molecular formula is C18H14ClFN2. The number of halogens is 2. The smallest absolute Gasteiger partial charge is 0.137 e. The van der Waals surface area contributed by atoms with E-state index in [1.54, 1.807) is 12.1 Å². The van der Waals surface area contributed by atoms with Crippen LogP contribution in [0.5, 0.6) is 0 Å². The first-order valence-electron chi connectivity index (χ1n) is 7.29. The fraction of sp³-hybridized carbons (Fsp3) is 0.167. The van der Waals surface area contributed by atoms with Gasteiger partial charge in [0, 0.05) is 17.5 Å². The number of nitrogens with one attached hydrogen (secondary N) is 1. The van der Waals surface area contributed by atoms with E-state index in [4.69, 9.17) is 11.6 Å². The Labute approximate surface area is 132 Å². The number of benzene rings is 2. The van der Waals surface area contributed by atoms with Crippen molar-refractivity contribution in [2.24, 2.45) is 0 Å². The van der Waals surface area contributed by atoms with Crippen molar-refractivity contribution in [3.8, 4) is 11.1 Å². The number of fused-ring (bicyclic) bond motifs is 2. The van der Waals surface area contributed by atoms with Gasteiger partial charge in [-0.15, -0.1) is 0 Å². The third-order valence-corrected chi connectivity index (χ3v) is 4.42. The summed E-state index contributed by atoms with van der Waals surface area (Å²) in [5.74, 6) is -0.254. The van der Waals surface area contributed by atoms with Crippen molar-refractivity contribution >= 4 is 22.5 Å². The first-order chi connectivity index (χ1) is 10.7. The highest BCUT2D eigenvalue weighted by Crippen LogP contribution is 2.31. The Hall–Kier alpha value is -1.97. The maximum Gasteiger partial charge on any atom is 0.137 e. The lowest BCUT2D eigenvalue weighted by molar-refractivity contribution is 0.628. The number of rotatable bonds is 1. The molecule has 110 valence electrons. The molecule has 2 heterocycles. The lowest BCUT2D eigenvalue weighted by Gasteiger charge is -2.18. The van der Waals surface area contributed by atoms with Gasteiger partial charge in [0.2, 0.25) is 0 Å². The van der Waals surface area contributed by atoms with E-state index in [0.29, 0.717) is 5.15 Å². The molecule has 1 aliphatic heterocycles. The molecule has 1 aliphatic rings. The van der Waals surface area contributed by atoms with Crippen molar-refractivity contribution in [2.75, 3.05) is 6.54 Å². The second kappa shape index (κ2) is 5.34. The Kier molecular flexibility index (Phi) is 3.32. The average Bonchev–Trinajstić information content (AvgIpc) is 2.53. The number of hydrogen-bond donors (Lipinski definition) is 1. The molecule has 0 saturated carbocycles. The monoisotopic (exact) mass is 312 g/mol. The van der Waals surface area contributed by atoms with Crippen molar-refractivity contribution < 1.29 is 4.39 Å². The molecule has 22 heavy (non-hydrogen) atoms. The Morgan fingerprint density at radius 2 is 1.86 bits per heavy atom. The van der Waals surface area contributed by atoms with E-state index in [9.17, 15) is 4.39 Å². The summed E-state index contributed by atoms with van der Waals surface area (Å²) in [6, 6.07) is 12.7. The zero-order valence-corrected chi connectivity index (χ0v) is 12.6. The van der Waals surface area contributed by atoms with Gasteiger partial charge in [0.1, 0.15) is 11.0 Å². The maximum absolute atomic E-state index is 13.1. The van der Waals surface area contributed by atoms with Crippen molar-refractivity contribution in [3.63, 3.8) is 0 Å². The van der Waals surface area contributed by atoms with Gasteiger partial charge in [-0.2, -0.15) is 0 Å². The molecule has 1 aromatic heterocycles. The maximum atomic E-state index is 13.1. The minimum absolute atomic E-state index is 0.254. The summed E-state index contributed by atoms with van der Waals surface area (Å²) in [7, 11) is 0. The van der Waals surface area contributed by atoms with Crippen LogP contribution in [0.4, 0.5) is 4.39 Å². The van der Waals surface area contributed by atoms with Crippen LogP contribution in [-0.4, -0.2) is 11.5 Å². The van der Waals surface area contributed by atoms with Gasteiger partial charge < -0.3 is 5.32 Å². The van der Waals surface area contributed by atoms with Gasteiger partial charge in [-0.1, -0.05) is 23.7 Å². The molecule has 0 bridgehead atoms. The normalized spacial score (nSPS) is 14.1. The van der Waals surface area contributed by atoms with Crippen molar-refractivity contribution in [1.82, 2.24) is 10.3 Å². The molecule has 0 spiro atoms. The summed E-state index contributed by atoms with van der Waals surface area (Å²) in [5, 5.41) is 4.89. The molecule has 3 aromatic rings. The lowest BCUT2D eigenvalue weighted by atomic mass is 9.97. The van der Waals surface area contributed by atoms with Crippen LogP contribution in [0.1, 0.15) is 11.1 Å². The van der Waals surface area contributed by atoms with E-state index in [0.717, 1.165) is 41.5 Å². The molecule has 2 aromatic carbocycles. The molecule has 0 unspecified atom stereocenters. The van der Waals surface area contributed by atoms with Crippen LogP contribution in [0, 0.1) is 5.82 Å². The van der Waals surface area contributed by atoms with Gasteiger partial charge in [-0.3, -0.25) is 0 Å². The molecule has 0 aliphatic carbocycles. The number of hydrogen-bond acceptors (Lipinski definition) is 2. The Morgan fingerprint density at radius 3 is 2.68 bits per heavy atom. The van der Waals surface area contributed by atoms with Crippen LogP contribution < -0.4 is 5.32 Å². The quantitative estimate of drug-likeness (QED) is 0.676. The van der Waals surface area contributed by atoms with Crippen LogP contribution in [0.15, 0.2) is 42.5 Å². The van der Waals surface area contributed by atoms with Crippen molar-refractivity contribution in [1.29, 1.82) is 0 Å². The number of pyridine rings is 1. The minimum atomic E-state index is -0.254. The highest BCUT2D eigenvalue weighted by atomic mass is 35.5. The zero-order chi connectivity index (χ0) is 15.1. The van der Waals surface area contributed by atoms with E-state index in [-0.39, 0.29) is 5.82 Å². The predicted molar refractivity (Wildman–Crippen MR) is 87.6 cm³/mol. The molecule has 4 rings (SSSR count). The standard InChI is InChI=1S/C18H14ClFN2/c19-18-16(11-1-3-15(20)4-2-11)8-13-7-12-5-6-21-10-14(12)9-17(13)22-18/h1-4,7-9,21H,5-6,10H2. The second-order valence-electron chi connectivity index (χ2n) is 5.57. The Balaban J connectivity index is 1.89. The molecular weight excluding hydrogens is 299 g/mol. The van der Waals surface area contributed by atoms with Gasteiger partial charge in [0.05, 0.1) is 5.52 Å². The summed E-state index contributed by atoms with van der Waals surface area (Å²) in [6.07, 6.45) is 1.03. The van der Waals surface area contributed by atoms with Gasteiger partial charge >= 0.3 is 0 Å². The molecule has 0 atom stereocenters. The van der Waals surface area contributed by atoms with Gasteiger partial charge in [-0.05, 0) is 60.0 Å². The summed E-state index contributed by atoms with van der Waals surface area (Å²) in [5.41, 5.74) is 5.26. The summed E-state index contributed by atoms with van der Waals surface area (Å²) in [6.45, 7) is 1.88. The Bertz CT molecular complexity index is 859. The largest absolute Gasteiger partial charge is 0.312 e. The molecule has 0 radical (unpaired) electrons. The molecule has 4 heteroatoms. The minimum Gasteiger partial charge on any atom is -0.312 e. The first kappa shape index (κ1) is 13.7. The summed E-state index contributed by atoms with van der Waals surface area (Å²) in [4.78, 5) is 4.53. The molecule has 0 amide bonds. The van der Waals surface area contributed by atoms with Crippen LogP contribution in [0.25, 0.3) is 22.0 Å². The first-order valence-corrected chi connectivity index (χ1v) is 7.67. The topological polar surface area (TPSA) is 24.9 Å². The molecule has 0 fully saturated rings. The third kappa shape index (κ3) is 2.36. The van der Waals surface area contributed by atoms with Gasteiger partial charge in [0.25, 0.3) is 0 Å². The van der Waals surface area contributed by atoms with E-state index < -0.39 is 0 Å².